The van der Waals surface area contributed by atoms with Crippen molar-refractivity contribution in [1.82, 2.24) is 9.55 Å². The van der Waals surface area contributed by atoms with Gasteiger partial charge in [0.1, 0.15) is 17.4 Å². The molecule has 5 nitrogen and oxygen atoms in total. The fraction of sp³-hybridized carbons (Fsp3) is 0.550. The third-order valence-corrected chi connectivity index (χ3v) is 6.52. The van der Waals surface area contributed by atoms with Crippen LogP contribution in [0.25, 0.3) is 11.0 Å². The van der Waals surface area contributed by atoms with Gasteiger partial charge >= 0.3 is 0 Å². The summed E-state index contributed by atoms with van der Waals surface area (Å²) in [6.07, 6.45) is 1.33. The van der Waals surface area contributed by atoms with Gasteiger partial charge in [-0.3, -0.25) is 10.1 Å². The maximum atomic E-state index is 14.2. The van der Waals surface area contributed by atoms with Gasteiger partial charge in [0.15, 0.2) is 5.67 Å². The van der Waals surface area contributed by atoms with E-state index >= 15 is 0 Å². The number of nitrogens with one attached hydrogen (secondary N) is 1. The van der Waals surface area contributed by atoms with Gasteiger partial charge in [0.05, 0.1) is 11.0 Å². The quantitative estimate of drug-likeness (QED) is 0.748. The number of hydrogen-bond donors (Lipinski definition) is 1. The molecule has 9 heteroatoms. The number of hydrogen-bond acceptors (Lipinski definition) is 3. The van der Waals surface area contributed by atoms with Gasteiger partial charge in [-0.2, -0.15) is 5.26 Å². The van der Waals surface area contributed by atoms with Gasteiger partial charge < -0.3 is 4.57 Å². The average Bonchev–Trinajstić information content (AvgIpc) is 2.97. The summed E-state index contributed by atoms with van der Waals surface area (Å²) in [6, 6.07) is 4.41. The Balaban J connectivity index is 1.69. The van der Waals surface area contributed by atoms with Crippen molar-refractivity contribution in [3.63, 3.8) is 0 Å². The second kappa shape index (κ2) is 6.18. The van der Waals surface area contributed by atoms with Crippen LogP contribution in [-0.4, -0.2) is 27.0 Å². The third-order valence-electron chi connectivity index (χ3n) is 6.52. The number of imidazole rings is 1. The zero-order valence-electron chi connectivity index (χ0n) is 16.0. The molecule has 154 valence electrons. The molecule has 1 heterocycles. The molecule has 2 saturated carbocycles. The van der Waals surface area contributed by atoms with E-state index in [1.165, 1.54) is 6.07 Å². The number of rotatable bonds is 4. The molecule has 0 radical (unpaired) electrons. The van der Waals surface area contributed by atoms with Gasteiger partial charge in [-0.05, 0) is 45.2 Å². The second-order valence-electron chi connectivity index (χ2n) is 8.46. The Morgan fingerprint density at radius 3 is 2.55 bits per heavy atom. The highest BCUT2D eigenvalue weighted by molar-refractivity contribution is 5.93. The zero-order chi connectivity index (χ0) is 21.2. The summed E-state index contributed by atoms with van der Waals surface area (Å²) in [5.41, 5.74) is -2.73. The van der Waals surface area contributed by atoms with Crippen molar-refractivity contribution >= 4 is 22.9 Å². The van der Waals surface area contributed by atoms with Gasteiger partial charge in [0.25, 0.3) is 5.92 Å². The number of carbonyl (C=O) groups excluding carboxylic acids is 1. The topological polar surface area (TPSA) is 70.7 Å². The van der Waals surface area contributed by atoms with Crippen LogP contribution < -0.4 is 5.32 Å². The zero-order valence-corrected chi connectivity index (χ0v) is 16.0. The standard InChI is InChI=1S/C20H20F4N4O/c1-18(6-3-7-18)28-16-12(10-25)13(21)4-5-14(16)26-17(28)27-15(29)8-11-9-20(23,24)19(11,2)22/h4-5,11H,3,6-9H2,1-2H3,(H,26,27,29). The first-order chi connectivity index (χ1) is 13.5. The Kier molecular flexibility index (Phi) is 4.19. The molecule has 4 rings (SSSR count). The number of fused-ring (bicyclic) bond motifs is 1. The highest BCUT2D eigenvalue weighted by Crippen LogP contribution is 2.55. The van der Waals surface area contributed by atoms with Gasteiger partial charge in [-0.25, -0.2) is 22.5 Å². The van der Waals surface area contributed by atoms with Crippen LogP contribution >= 0.6 is 0 Å². The average molecular weight is 408 g/mol. The van der Waals surface area contributed by atoms with Crippen LogP contribution in [-0.2, 0) is 10.3 Å². The van der Waals surface area contributed by atoms with E-state index in [1.807, 2.05) is 13.0 Å². The van der Waals surface area contributed by atoms with Gasteiger partial charge in [-0.15, -0.1) is 0 Å². The van der Waals surface area contributed by atoms with E-state index in [4.69, 9.17) is 0 Å². The number of nitrogens with zero attached hydrogens (tertiary/aromatic N) is 3. The van der Waals surface area contributed by atoms with Crippen LogP contribution in [0.1, 0.15) is 51.5 Å². The Morgan fingerprint density at radius 1 is 1.34 bits per heavy atom. The molecule has 0 spiro atoms. The highest BCUT2D eigenvalue weighted by Gasteiger charge is 2.66. The van der Waals surface area contributed by atoms with Crippen LogP contribution in [0, 0.1) is 23.1 Å². The maximum Gasteiger partial charge on any atom is 0.281 e. The molecule has 1 N–H and O–H groups in total. The first kappa shape index (κ1) is 19.7. The molecule has 0 aliphatic heterocycles. The summed E-state index contributed by atoms with van der Waals surface area (Å²) in [6.45, 7) is 2.73. The van der Waals surface area contributed by atoms with E-state index in [2.05, 4.69) is 10.3 Å². The van der Waals surface area contributed by atoms with Gasteiger partial charge in [-0.1, -0.05) is 0 Å². The van der Waals surface area contributed by atoms with Crippen LogP contribution in [0.3, 0.4) is 0 Å². The Morgan fingerprint density at radius 2 is 2.03 bits per heavy atom. The SMILES string of the molecule is CC1(n2c(NC(=O)CC3CC(F)(F)C3(C)F)nc3ccc(F)c(C#N)c32)CCC1. The van der Waals surface area contributed by atoms with Crippen molar-refractivity contribution < 1.29 is 22.4 Å². The molecule has 0 bridgehead atoms. The Labute approximate surface area is 164 Å². The molecule has 2 aliphatic carbocycles. The predicted molar refractivity (Wildman–Crippen MR) is 97.7 cm³/mol. The molecule has 2 unspecified atom stereocenters. The molecule has 2 aromatic rings. The number of anilines is 1. The summed E-state index contributed by atoms with van der Waals surface area (Å²) in [7, 11) is 0. The second-order valence-corrected chi connectivity index (χ2v) is 8.46. The molecule has 0 saturated heterocycles. The van der Waals surface area contributed by atoms with Crippen molar-refractivity contribution in [3.8, 4) is 6.07 Å². The molecule has 1 aromatic heterocycles. The monoisotopic (exact) mass is 408 g/mol. The number of nitriles is 1. The highest BCUT2D eigenvalue weighted by atomic mass is 19.3. The van der Waals surface area contributed by atoms with E-state index in [1.54, 1.807) is 4.57 Å². The Bertz CT molecular complexity index is 1050. The number of alkyl halides is 3. The molecular formula is C20H20F4N4O. The van der Waals surface area contributed by atoms with Crippen molar-refractivity contribution in [2.24, 2.45) is 5.92 Å². The van der Waals surface area contributed by atoms with Gasteiger partial charge in [0, 0.05) is 24.3 Å². The van der Waals surface area contributed by atoms with Gasteiger partial charge in [0.2, 0.25) is 11.9 Å². The number of benzene rings is 1. The molecule has 2 aliphatic rings. The van der Waals surface area contributed by atoms with Crippen molar-refractivity contribution in [2.45, 2.75) is 63.1 Å². The first-order valence-electron chi connectivity index (χ1n) is 9.48. The van der Waals surface area contributed by atoms with Crippen LogP contribution in [0.5, 0.6) is 0 Å². The van der Waals surface area contributed by atoms with E-state index < -0.39 is 47.6 Å². The maximum absolute atomic E-state index is 14.2. The van der Waals surface area contributed by atoms with E-state index in [0.717, 1.165) is 32.3 Å². The van der Waals surface area contributed by atoms with Crippen LogP contribution in [0.15, 0.2) is 12.1 Å². The first-order valence-corrected chi connectivity index (χ1v) is 9.48. The summed E-state index contributed by atoms with van der Waals surface area (Å²) in [5, 5.41) is 12.0. The largest absolute Gasteiger partial charge is 0.303 e. The number of halogens is 4. The summed E-state index contributed by atoms with van der Waals surface area (Å²) < 4.78 is 56.8. The minimum atomic E-state index is -3.44. The van der Waals surface area contributed by atoms with E-state index in [9.17, 15) is 27.6 Å². The lowest BCUT2D eigenvalue weighted by atomic mass is 9.67. The van der Waals surface area contributed by atoms with Crippen LogP contribution in [0.4, 0.5) is 23.5 Å². The lowest BCUT2D eigenvalue weighted by Crippen LogP contribution is -2.60. The van der Waals surface area contributed by atoms with E-state index in [0.29, 0.717) is 5.52 Å². The van der Waals surface area contributed by atoms with Crippen LogP contribution in [0.2, 0.25) is 0 Å². The predicted octanol–water partition coefficient (Wildman–Crippen LogP) is 4.66. The summed E-state index contributed by atoms with van der Waals surface area (Å²) in [5.74, 6) is -5.76. The van der Waals surface area contributed by atoms with Crippen molar-refractivity contribution in [3.05, 3.63) is 23.5 Å². The normalized spacial score (nSPS) is 27.0. The molecule has 2 atom stereocenters. The molecule has 1 aromatic carbocycles. The van der Waals surface area contributed by atoms with Crippen molar-refractivity contribution in [2.75, 3.05) is 5.32 Å². The molecule has 29 heavy (non-hydrogen) atoms. The fourth-order valence-electron chi connectivity index (χ4n) is 4.30. The number of amides is 1. The molecular weight excluding hydrogens is 388 g/mol. The minimum Gasteiger partial charge on any atom is -0.303 e. The number of carbonyl (C=O) groups is 1. The Hall–Kier alpha value is -2.63. The van der Waals surface area contributed by atoms with Crippen molar-refractivity contribution in [1.29, 1.82) is 5.26 Å². The molecule has 1 amide bonds. The molecule has 2 fully saturated rings. The summed E-state index contributed by atoms with van der Waals surface area (Å²) in [4.78, 5) is 16.8. The smallest absolute Gasteiger partial charge is 0.281 e. The summed E-state index contributed by atoms with van der Waals surface area (Å²) >= 11 is 0. The lowest BCUT2D eigenvalue weighted by Gasteiger charge is -2.47. The fourth-order valence-corrected chi connectivity index (χ4v) is 4.30. The lowest BCUT2D eigenvalue weighted by molar-refractivity contribution is -0.242. The minimum absolute atomic E-state index is 0.112. The number of aromatic nitrogens is 2. The third kappa shape index (κ3) is 2.80. The van der Waals surface area contributed by atoms with E-state index in [-0.39, 0.29) is 17.0 Å².